The predicted octanol–water partition coefficient (Wildman–Crippen LogP) is 3.40. The minimum absolute atomic E-state index is 0.106. The molecule has 0 bridgehead atoms. The van der Waals surface area contributed by atoms with E-state index >= 15 is 0 Å². The highest BCUT2D eigenvalue weighted by Crippen LogP contribution is 1.99. The first-order valence-corrected chi connectivity index (χ1v) is 6.79. The van der Waals surface area contributed by atoms with Crippen LogP contribution in [0.5, 0.6) is 0 Å². The maximum Gasteiger partial charge on any atom is 0.317 e. The largest absolute Gasteiger partial charge is 0.338 e. The van der Waals surface area contributed by atoms with E-state index in [2.05, 4.69) is 19.2 Å². The number of rotatable bonds is 9. The zero-order valence-electron chi connectivity index (χ0n) is 11.2. The Morgan fingerprint density at radius 1 is 1.00 bits per heavy atom. The number of carbonyl (C=O) groups excluding carboxylic acids is 1. The first-order valence-electron chi connectivity index (χ1n) is 6.79. The molecule has 0 atom stereocenters. The molecule has 0 radical (unpaired) electrons. The van der Waals surface area contributed by atoms with Crippen LogP contribution < -0.4 is 5.32 Å². The van der Waals surface area contributed by atoms with E-state index in [0.29, 0.717) is 0 Å². The number of hydrogen-bond donors (Lipinski definition) is 1. The minimum atomic E-state index is 0.106. The third-order valence-corrected chi connectivity index (χ3v) is 2.76. The lowest BCUT2D eigenvalue weighted by molar-refractivity contribution is 0.199. The molecule has 3 nitrogen and oxygen atoms in total. The lowest BCUT2D eigenvalue weighted by Gasteiger charge is -2.21. The Bertz CT molecular complexity index is 171. The zero-order chi connectivity index (χ0) is 12.2. The highest BCUT2D eigenvalue weighted by atomic mass is 16.2. The van der Waals surface area contributed by atoms with Crippen LogP contribution in [0.4, 0.5) is 4.79 Å². The molecule has 0 saturated carbocycles. The number of hydrogen-bond acceptors (Lipinski definition) is 1. The third kappa shape index (κ3) is 7.55. The molecule has 3 heteroatoms. The molecule has 16 heavy (non-hydrogen) atoms. The lowest BCUT2D eigenvalue weighted by Crippen LogP contribution is -2.40. The summed E-state index contributed by atoms with van der Waals surface area (Å²) < 4.78 is 0. The zero-order valence-corrected chi connectivity index (χ0v) is 11.2. The second-order valence-corrected chi connectivity index (χ2v) is 4.23. The molecule has 0 unspecified atom stereocenters. The molecule has 96 valence electrons. The number of unbranched alkanes of at least 4 members (excludes halogenated alkanes) is 4. The maximum absolute atomic E-state index is 11.7. The fraction of sp³-hybridized carbons (Fsp3) is 0.923. The van der Waals surface area contributed by atoms with Gasteiger partial charge in [0.2, 0.25) is 0 Å². The molecule has 0 aliphatic heterocycles. The van der Waals surface area contributed by atoms with Crippen LogP contribution in [-0.4, -0.2) is 30.6 Å². The molecule has 0 rings (SSSR count). The summed E-state index contributed by atoms with van der Waals surface area (Å²) in [5.41, 5.74) is 0. The summed E-state index contributed by atoms with van der Waals surface area (Å²) in [5, 5.41) is 2.98. The molecule has 0 saturated heterocycles. The average molecular weight is 228 g/mol. The number of urea groups is 1. The van der Waals surface area contributed by atoms with E-state index in [1.54, 1.807) is 0 Å². The van der Waals surface area contributed by atoms with E-state index in [-0.39, 0.29) is 6.03 Å². The Morgan fingerprint density at radius 2 is 1.62 bits per heavy atom. The van der Waals surface area contributed by atoms with Crippen LogP contribution in [0.3, 0.4) is 0 Å². The van der Waals surface area contributed by atoms with Crippen molar-refractivity contribution in [2.24, 2.45) is 0 Å². The van der Waals surface area contributed by atoms with Gasteiger partial charge in [0.15, 0.2) is 0 Å². The summed E-state index contributed by atoms with van der Waals surface area (Å²) in [7, 11) is 0. The number of nitrogens with one attached hydrogen (secondary N) is 1. The van der Waals surface area contributed by atoms with Gasteiger partial charge in [0.1, 0.15) is 0 Å². The van der Waals surface area contributed by atoms with Crippen LogP contribution in [0.15, 0.2) is 0 Å². The van der Waals surface area contributed by atoms with Gasteiger partial charge in [-0.05, 0) is 19.8 Å². The summed E-state index contributed by atoms with van der Waals surface area (Å²) in [6.07, 6.45) is 7.02. The van der Waals surface area contributed by atoms with Crippen LogP contribution >= 0.6 is 0 Å². The van der Waals surface area contributed by atoms with Crippen molar-refractivity contribution in [1.82, 2.24) is 10.2 Å². The summed E-state index contributed by atoms with van der Waals surface area (Å²) in [5.74, 6) is 0. The molecular formula is C13H28N2O. The molecule has 0 heterocycles. The van der Waals surface area contributed by atoms with Crippen LogP contribution in [0, 0.1) is 0 Å². The molecule has 0 aliphatic carbocycles. The van der Waals surface area contributed by atoms with E-state index < -0.39 is 0 Å². The standard InChI is InChI=1S/C13H28N2O/c1-4-7-9-11-14-13(16)15(6-3)12-10-8-5-2/h4-12H2,1-3H3,(H,14,16). The van der Waals surface area contributed by atoms with E-state index in [9.17, 15) is 4.79 Å². The number of nitrogens with zero attached hydrogens (tertiary/aromatic N) is 1. The molecule has 0 fully saturated rings. The minimum Gasteiger partial charge on any atom is -0.338 e. The fourth-order valence-corrected chi connectivity index (χ4v) is 1.64. The molecule has 0 aliphatic rings. The third-order valence-electron chi connectivity index (χ3n) is 2.76. The van der Waals surface area contributed by atoms with Crippen LogP contribution in [0.2, 0.25) is 0 Å². The lowest BCUT2D eigenvalue weighted by atomic mass is 10.2. The van der Waals surface area contributed by atoms with Crippen molar-refractivity contribution in [2.75, 3.05) is 19.6 Å². The molecule has 0 aromatic rings. The Kier molecular flexibility index (Phi) is 10.3. The Balaban J connectivity index is 3.65. The fourth-order valence-electron chi connectivity index (χ4n) is 1.64. The van der Waals surface area contributed by atoms with Gasteiger partial charge in [0.25, 0.3) is 0 Å². The summed E-state index contributed by atoms with van der Waals surface area (Å²) in [6.45, 7) is 8.91. The molecular weight excluding hydrogens is 200 g/mol. The van der Waals surface area contributed by atoms with Crippen molar-refractivity contribution in [3.8, 4) is 0 Å². The van der Waals surface area contributed by atoms with Gasteiger partial charge in [0, 0.05) is 19.6 Å². The highest BCUT2D eigenvalue weighted by molar-refractivity contribution is 5.74. The van der Waals surface area contributed by atoms with Gasteiger partial charge in [-0.1, -0.05) is 39.5 Å². The molecule has 2 amide bonds. The van der Waals surface area contributed by atoms with Crippen LogP contribution in [0.1, 0.15) is 59.3 Å². The second-order valence-electron chi connectivity index (χ2n) is 4.23. The van der Waals surface area contributed by atoms with Crippen molar-refractivity contribution in [3.05, 3.63) is 0 Å². The van der Waals surface area contributed by atoms with Crippen LogP contribution in [0.25, 0.3) is 0 Å². The molecule has 1 N–H and O–H groups in total. The SMILES string of the molecule is CCCCCNC(=O)N(CC)CCCCC. The van der Waals surface area contributed by atoms with E-state index in [1.807, 2.05) is 11.8 Å². The van der Waals surface area contributed by atoms with Gasteiger partial charge >= 0.3 is 6.03 Å². The van der Waals surface area contributed by atoms with E-state index in [0.717, 1.165) is 32.5 Å². The Labute approximate surface area is 101 Å². The summed E-state index contributed by atoms with van der Waals surface area (Å²) in [6, 6.07) is 0.106. The van der Waals surface area contributed by atoms with Gasteiger partial charge in [-0.15, -0.1) is 0 Å². The van der Waals surface area contributed by atoms with E-state index in [1.165, 1.54) is 25.7 Å². The predicted molar refractivity (Wildman–Crippen MR) is 69.7 cm³/mol. The topological polar surface area (TPSA) is 32.3 Å². The van der Waals surface area contributed by atoms with E-state index in [4.69, 9.17) is 0 Å². The van der Waals surface area contributed by atoms with Crippen LogP contribution in [-0.2, 0) is 0 Å². The first kappa shape index (κ1) is 15.3. The summed E-state index contributed by atoms with van der Waals surface area (Å²) in [4.78, 5) is 13.7. The Morgan fingerprint density at radius 3 is 2.19 bits per heavy atom. The first-order chi connectivity index (χ1) is 7.76. The molecule has 0 spiro atoms. The second kappa shape index (κ2) is 10.8. The maximum atomic E-state index is 11.7. The van der Waals surface area contributed by atoms with Gasteiger partial charge in [0.05, 0.1) is 0 Å². The van der Waals surface area contributed by atoms with Crippen molar-refractivity contribution in [2.45, 2.75) is 59.3 Å². The van der Waals surface area contributed by atoms with Gasteiger partial charge in [-0.25, -0.2) is 4.79 Å². The summed E-state index contributed by atoms with van der Waals surface area (Å²) >= 11 is 0. The highest BCUT2D eigenvalue weighted by Gasteiger charge is 2.09. The van der Waals surface area contributed by atoms with Crippen molar-refractivity contribution < 1.29 is 4.79 Å². The van der Waals surface area contributed by atoms with Crippen molar-refractivity contribution in [1.29, 1.82) is 0 Å². The van der Waals surface area contributed by atoms with Crippen molar-refractivity contribution in [3.63, 3.8) is 0 Å². The molecule has 0 aromatic carbocycles. The smallest absolute Gasteiger partial charge is 0.317 e. The van der Waals surface area contributed by atoms with Gasteiger partial charge in [-0.3, -0.25) is 0 Å². The normalized spacial score (nSPS) is 10.2. The van der Waals surface area contributed by atoms with Gasteiger partial charge < -0.3 is 10.2 Å². The average Bonchev–Trinajstić information content (AvgIpc) is 2.30. The monoisotopic (exact) mass is 228 g/mol. The quantitative estimate of drug-likeness (QED) is 0.603. The molecule has 0 aromatic heterocycles. The number of amides is 2. The number of carbonyl (C=O) groups is 1. The Hall–Kier alpha value is -0.730. The van der Waals surface area contributed by atoms with Gasteiger partial charge in [-0.2, -0.15) is 0 Å². The van der Waals surface area contributed by atoms with Crippen molar-refractivity contribution >= 4 is 6.03 Å².